The van der Waals surface area contributed by atoms with Crippen LogP contribution in [0.4, 0.5) is 0 Å². The summed E-state index contributed by atoms with van der Waals surface area (Å²) < 4.78 is 60.7. The highest BCUT2D eigenvalue weighted by Crippen LogP contribution is 2.15. The molecule has 0 saturated heterocycles. The summed E-state index contributed by atoms with van der Waals surface area (Å²) in [6.07, 6.45) is 26.0. The summed E-state index contributed by atoms with van der Waals surface area (Å²) in [4.78, 5) is 12.0. The molecule has 0 amide bonds. The summed E-state index contributed by atoms with van der Waals surface area (Å²) in [5, 5.41) is 0. The Kier molecular flexibility index (Phi) is 51.4. The number of carbonyl (C=O) groups is 1. The Hall–Kier alpha value is -0.930. The molecule has 0 aliphatic rings. The van der Waals surface area contributed by atoms with E-state index in [0.29, 0.717) is 126 Å². The van der Waals surface area contributed by atoms with Gasteiger partial charge < -0.3 is 52.1 Å². The number of hydrogen-bond donors (Lipinski definition) is 0. The Morgan fingerprint density at radius 1 is 0.293 bits per heavy atom. The minimum Gasteiger partial charge on any atom is -0.463 e. The van der Waals surface area contributed by atoms with Crippen LogP contribution in [0.1, 0.15) is 149 Å². The predicted molar refractivity (Wildman–Crippen MR) is 232 cm³/mol. The third-order valence-electron chi connectivity index (χ3n) is 9.69. The molecule has 0 bridgehead atoms. The van der Waals surface area contributed by atoms with Gasteiger partial charge in [-0.25, -0.2) is 0 Å². The molecule has 0 rings (SSSR count). The van der Waals surface area contributed by atoms with Crippen LogP contribution in [0.5, 0.6) is 0 Å². The molecule has 1 atom stereocenters. The molecule has 0 aliphatic carbocycles. The molecular weight excluding hydrogens is 744 g/mol. The van der Waals surface area contributed by atoms with Gasteiger partial charge in [0.1, 0.15) is 6.61 Å². The van der Waals surface area contributed by atoms with Crippen LogP contribution in [0.3, 0.4) is 0 Å². The van der Waals surface area contributed by atoms with E-state index >= 15 is 0 Å². The van der Waals surface area contributed by atoms with Gasteiger partial charge >= 0.3 is 5.97 Å². The largest absolute Gasteiger partial charge is 0.463 e. The van der Waals surface area contributed by atoms with E-state index in [2.05, 4.69) is 13.8 Å². The van der Waals surface area contributed by atoms with E-state index in [1.54, 1.807) is 0 Å². The van der Waals surface area contributed by atoms with Crippen molar-refractivity contribution >= 4 is 5.97 Å². The zero-order valence-electron chi connectivity index (χ0n) is 38.0. The lowest BCUT2D eigenvalue weighted by Crippen LogP contribution is -2.20. The van der Waals surface area contributed by atoms with Gasteiger partial charge in [-0.3, -0.25) is 4.79 Å². The van der Waals surface area contributed by atoms with Crippen LogP contribution in [0.2, 0.25) is 0 Å². The molecule has 58 heavy (non-hydrogen) atoms. The first-order valence-electron chi connectivity index (χ1n) is 23.7. The van der Waals surface area contributed by atoms with Crippen molar-refractivity contribution in [1.82, 2.24) is 0 Å². The van der Waals surface area contributed by atoms with Crippen molar-refractivity contribution in [2.24, 2.45) is 5.92 Å². The summed E-state index contributed by atoms with van der Waals surface area (Å²) in [7, 11) is 0. The van der Waals surface area contributed by atoms with E-state index in [9.17, 15) is 4.79 Å². The SMILES string of the molecule is CCCCCCCCCCCCCCCCCCOCCOCCOCCOCCOCCOCCOCCOCCOCCOCCOC(=O)C(CC)CCCC. The Bertz CT molecular complexity index is 762. The Morgan fingerprint density at radius 3 is 0.810 bits per heavy atom. The molecule has 0 heterocycles. The van der Waals surface area contributed by atoms with Crippen molar-refractivity contribution in [2.45, 2.75) is 149 Å². The van der Waals surface area contributed by atoms with Gasteiger partial charge in [-0.1, -0.05) is 130 Å². The summed E-state index contributed by atoms with van der Waals surface area (Å²) in [5.74, 6) is -0.118. The molecule has 0 aromatic carbocycles. The Balaban J connectivity index is 3.12. The molecule has 12 heteroatoms. The molecule has 0 radical (unpaired) electrons. The third-order valence-corrected chi connectivity index (χ3v) is 9.69. The second kappa shape index (κ2) is 52.2. The first-order valence-corrected chi connectivity index (χ1v) is 23.7. The summed E-state index contributed by atoms with van der Waals surface area (Å²) in [5.41, 5.74) is 0. The lowest BCUT2D eigenvalue weighted by molar-refractivity contribution is -0.150. The molecule has 1 unspecified atom stereocenters. The van der Waals surface area contributed by atoms with Crippen LogP contribution < -0.4 is 0 Å². The van der Waals surface area contributed by atoms with E-state index in [0.717, 1.165) is 38.7 Å². The third kappa shape index (κ3) is 47.7. The number of unbranched alkanes of at least 4 members (excludes halogenated alkanes) is 16. The van der Waals surface area contributed by atoms with Crippen LogP contribution in [0.25, 0.3) is 0 Å². The monoisotopic (exact) mass is 837 g/mol. The lowest BCUT2D eigenvalue weighted by Gasteiger charge is -2.13. The zero-order valence-corrected chi connectivity index (χ0v) is 38.0. The van der Waals surface area contributed by atoms with Gasteiger partial charge in [0.05, 0.1) is 131 Å². The van der Waals surface area contributed by atoms with Gasteiger partial charge in [0.25, 0.3) is 0 Å². The van der Waals surface area contributed by atoms with Crippen LogP contribution in [-0.2, 0) is 56.9 Å². The smallest absolute Gasteiger partial charge is 0.308 e. The van der Waals surface area contributed by atoms with Gasteiger partial charge in [-0.15, -0.1) is 0 Å². The normalized spacial score (nSPS) is 12.1. The molecule has 0 fully saturated rings. The van der Waals surface area contributed by atoms with Crippen molar-refractivity contribution in [3.63, 3.8) is 0 Å². The van der Waals surface area contributed by atoms with E-state index < -0.39 is 0 Å². The van der Waals surface area contributed by atoms with Crippen LogP contribution in [0.15, 0.2) is 0 Å². The minimum absolute atomic E-state index is 0.00165. The number of hydrogen-bond acceptors (Lipinski definition) is 12. The van der Waals surface area contributed by atoms with E-state index in [-0.39, 0.29) is 18.5 Å². The summed E-state index contributed by atoms with van der Waals surface area (Å²) in [6.45, 7) is 17.4. The predicted octanol–water partition coefficient (Wildman–Crippen LogP) is 9.17. The molecule has 0 aliphatic heterocycles. The maximum Gasteiger partial charge on any atom is 0.308 e. The highest BCUT2D eigenvalue weighted by molar-refractivity contribution is 5.72. The second-order valence-electron chi connectivity index (χ2n) is 14.8. The van der Waals surface area contributed by atoms with Gasteiger partial charge in [0.2, 0.25) is 0 Å². The first kappa shape index (κ1) is 57.1. The maximum absolute atomic E-state index is 12.0. The Morgan fingerprint density at radius 2 is 0.534 bits per heavy atom. The fourth-order valence-electron chi connectivity index (χ4n) is 6.09. The minimum atomic E-state index is -0.116. The van der Waals surface area contributed by atoms with E-state index in [1.165, 1.54) is 96.3 Å². The zero-order chi connectivity index (χ0) is 41.9. The van der Waals surface area contributed by atoms with Gasteiger partial charge in [-0.2, -0.15) is 0 Å². The number of ether oxygens (including phenoxy) is 11. The number of rotatable bonds is 52. The van der Waals surface area contributed by atoms with Crippen molar-refractivity contribution in [3.8, 4) is 0 Å². The molecule has 0 spiro atoms. The van der Waals surface area contributed by atoms with Gasteiger partial charge in [0.15, 0.2) is 0 Å². The molecule has 0 aromatic heterocycles. The fraction of sp³-hybridized carbons (Fsp3) is 0.978. The van der Waals surface area contributed by atoms with Gasteiger partial charge in [0, 0.05) is 6.61 Å². The lowest BCUT2D eigenvalue weighted by atomic mass is 10.00. The highest BCUT2D eigenvalue weighted by Gasteiger charge is 2.17. The maximum atomic E-state index is 12.0. The van der Waals surface area contributed by atoms with Crippen molar-refractivity contribution in [2.75, 3.05) is 139 Å². The second-order valence-corrected chi connectivity index (χ2v) is 14.8. The standard InChI is InChI=1S/C46H92O12/c1-4-7-9-10-11-12-13-14-15-16-17-18-19-20-21-22-24-48-25-26-49-27-28-50-29-30-51-31-32-52-33-34-53-35-36-54-37-38-55-39-40-56-41-42-57-43-44-58-46(47)45(6-3)23-8-5-2/h45H,4-44H2,1-3H3. The fourth-order valence-corrected chi connectivity index (χ4v) is 6.09. The molecule has 0 N–H and O–H groups in total. The highest BCUT2D eigenvalue weighted by atomic mass is 16.6. The number of esters is 1. The average molecular weight is 837 g/mol. The average Bonchev–Trinajstić information content (AvgIpc) is 3.23. The number of carbonyl (C=O) groups excluding carboxylic acids is 1. The Labute approximate surface area is 356 Å². The molecule has 0 aromatic rings. The van der Waals surface area contributed by atoms with E-state index in [4.69, 9.17) is 52.1 Å². The quantitative estimate of drug-likeness (QED) is 0.0430. The van der Waals surface area contributed by atoms with Crippen molar-refractivity contribution in [1.29, 1.82) is 0 Å². The summed E-state index contributed by atoms with van der Waals surface area (Å²) >= 11 is 0. The van der Waals surface area contributed by atoms with E-state index in [1.807, 2.05) is 6.92 Å². The van der Waals surface area contributed by atoms with Crippen LogP contribution >= 0.6 is 0 Å². The molecule has 348 valence electrons. The molecule has 0 saturated carbocycles. The van der Waals surface area contributed by atoms with Crippen molar-refractivity contribution in [3.05, 3.63) is 0 Å². The summed E-state index contributed by atoms with van der Waals surface area (Å²) in [6, 6.07) is 0. The topological polar surface area (TPSA) is 119 Å². The van der Waals surface area contributed by atoms with Gasteiger partial charge in [-0.05, 0) is 19.3 Å². The first-order chi connectivity index (χ1) is 28.8. The molecule has 12 nitrogen and oxygen atoms in total. The van der Waals surface area contributed by atoms with Crippen LogP contribution in [-0.4, -0.2) is 145 Å². The molecular formula is C46H92O12. The van der Waals surface area contributed by atoms with Crippen molar-refractivity contribution < 1.29 is 56.9 Å². The van der Waals surface area contributed by atoms with Crippen LogP contribution in [0, 0.1) is 5.92 Å².